The summed E-state index contributed by atoms with van der Waals surface area (Å²) in [4.78, 5) is 11.5. The van der Waals surface area contributed by atoms with Crippen molar-refractivity contribution in [3.63, 3.8) is 0 Å². The number of ketones is 1. The average molecular weight is 223 g/mol. The van der Waals surface area contributed by atoms with Gasteiger partial charge in [-0.15, -0.1) is 5.10 Å². The number of carbonyl (C=O) groups excluding carboxylic acids is 1. The summed E-state index contributed by atoms with van der Waals surface area (Å²) >= 11 is 0. The largest absolute Gasteiger partial charge is 0.299 e. The summed E-state index contributed by atoms with van der Waals surface area (Å²) in [5, 5.41) is 8.02. The number of hydrogen-bond acceptors (Lipinski definition) is 3. The predicted octanol–water partition coefficient (Wildman–Crippen LogP) is 2.09. The summed E-state index contributed by atoms with van der Waals surface area (Å²) in [6.07, 6.45) is 3.36. The van der Waals surface area contributed by atoms with Crippen molar-refractivity contribution in [3.05, 3.63) is 11.9 Å². The Morgan fingerprint density at radius 3 is 2.62 bits per heavy atom. The fourth-order valence-corrected chi connectivity index (χ4v) is 1.30. The van der Waals surface area contributed by atoms with E-state index in [4.69, 9.17) is 0 Å². The Kier molecular flexibility index (Phi) is 4.65. The van der Waals surface area contributed by atoms with E-state index >= 15 is 0 Å². The molecule has 0 aromatic carbocycles. The maximum Gasteiger partial charge on any atom is 0.141 e. The van der Waals surface area contributed by atoms with Gasteiger partial charge in [0.1, 0.15) is 5.78 Å². The van der Waals surface area contributed by atoms with Crippen LogP contribution in [0.25, 0.3) is 0 Å². The highest BCUT2D eigenvalue weighted by molar-refractivity contribution is 5.82. The van der Waals surface area contributed by atoms with Gasteiger partial charge in [0.15, 0.2) is 0 Å². The zero-order valence-corrected chi connectivity index (χ0v) is 10.6. The molecule has 0 aliphatic carbocycles. The van der Waals surface area contributed by atoms with Gasteiger partial charge in [-0.1, -0.05) is 32.9 Å². The van der Waals surface area contributed by atoms with Gasteiger partial charge < -0.3 is 0 Å². The molecule has 0 unspecified atom stereocenters. The third kappa shape index (κ3) is 4.13. The van der Waals surface area contributed by atoms with E-state index in [2.05, 4.69) is 24.2 Å². The highest BCUT2D eigenvalue weighted by Crippen LogP contribution is 2.05. The molecule has 0 amide bonds. The van der Waals surface area contributed by atoms with E-state index in [1.54, 1.807) is 0 Å². The van der Waals surface area contributed by atoms with Crippen LogP contribution in [0.1, 0.15) is 39.8 Å². The summed E-state index contributed by atoms with van der Waals surface area (Å²) in [7, 11) is 0. The molecular formula is C12H21N3O. The molecule has 0 radical (unpaired) electrons. The summed E-state index contributed by atoms with van der Waals surface area (Å²) in [6.45, 7) is 9.05. The highest BCUT2D eigenvalue weighted by Gasteiger charge is 2.11. The second-order valence-electron chi connectivity index (χ2n) is 4.95. The summed E-state index contributed by atoms with van der Waals surface area (Å²) in [5.74, 6) is 0.946. The van der Waals surface area contributed by atoms with E-state index in [0.29, 0.717) is 12.3 Å². The van der Waals surface area contributed by atoms with Crippen molar-refractivity contribution in [2.45, 2.75) is 47.1 Å². The smallest absolute Gasteiger partial charge is 0.141 e. The van der Waals surface area contributed by atoms with E-state index < -0.39 is 0 Å². The van der Waals surface area contributed by atoms with Crippen LogP contribution in [-0.2, 0) is 17.8 Å². The van der Waals surface area contributed by atoms with Crippen molar-refractivity contribution >= 4 is 5.78 Å². The normalized spacial score (nSPS) is 11.4. The van der Waals surface area contributed by atoms with Gasteiger partial charge in [-0.05, 0) is 12.3 Å². The minimum absolute atomic E-state index is 0.0702. The van der Waals surface area contributed by atoms with Crippen LogP contribution in [0.5, 0.6) is 0 Å². The van der Waals surface area contributed by atoms with Crippen LogP contribution in [-0.4, -0.2) is 20.8 Å². The lowest BCUT2D eigenvalue weighted by atomic mass is 10.1. The van der Waals surface area contributed by atoms with Gasteiger partial charge in [-0.2, -0.15) is 0 Å². The van der Waals surface area contributed by atoms with Crippen molar-refractivity contribution < 1.29 is 4.79 Å². The van der Waals surface area contributed by atoms with Crippen LogP contribution in [0.2, 0.25) is 0 Å². The lowest BCUT2D eigenvalue weighted by molar-refractivity contribution is -0.121. The third-order valence-electron chi connectivity index (χ3n) is 2.52. The van der Waals surface area contributed by atoms with E-state index in [1.807, 2.05) is 24.7 Å². The monoisotopic (exact) mass is 223 g/mol. The molecule has 0 spiro atoms. The maximum atomic E-state index is 11.5. The van der Waals surface area contributed by atoms with Crippen molar-refractivity contribution in [2.24, 2.45) is 11.8 Å². The first-order valence-corrected chi connectivity index (χ1v) is 5.90. The Morgan fingerprint density at radius 2 is 2.06 bits per heavy atom. The number of aryl methyl sites for hydroxylation is 1. The number of carbonyl (C=O) groups is 1. The third-order valence-corrected chi connectivity index (χ3v) is 2.52. The first-order valence-electron chi connectivity index (χ1n) is 5.90. The number of nitrogens with zero attached hydrogens (tertiary/aromatic N) is 3. The second-order valence-corrected chi connectivity index (χ2v) is 4.95. The molecule has 0 saturated heterocycles. The highest BCUT2D eigenvalue weighted by atomic mass is 16.1. The van der Waals surface area contributed by atoms with Gasteiger partial charge in [0.25, 0.3) is 0 Å². The molecule has 1 rings (SSSR count). The van der Waals surface area contributed by atoms with E-state index in [9.17, 15) is 4.79 Å². The quantitative estimate of drug-likeness (QED) is 0.742. The molecule has 0 fully saturated rings. The molecule has 1 heterocycles. The standard InChI is InChI=1S/C12H21N3O/c1-9(2)5-6-15-8-11(13-14-15)7-12(16)10(3)4/h8-10H,5-7H2,1-4H3. The first kappa shape index (κ1) is 12.9. The van der Waals surface area contributed by atoms with Crippen LogP contribution in [0.3, 0.4) is 0 Å². The molecule has 4 nitrogen and oxygen atoms in total. The molecule has 0 bridgehead atoms. The average Bonchev–Trinajstić information content (AvgIpc) is 2.62. The minimum Gasteiger partial charge on any atom is -0.299 e. The molecule has 0 atom stereocenters. The van der Waals surface area contributed by atoms with Crippen LogP contribution < -0.4 is 0 Å². The lowest BCUT2D eigenvalue weighted by Gasteiger charge is -2.03. The van der Waals surface area contributed by atoms with Gasteiger partial charge in [0.05, 0.1) is 12.1 Å². The Balaban J connectivity index is 2.48. The summed E-state index contributed by atoms with van der Waals surface area (Å²) in [5.41, 5.74) is 0.780. The SMILES string of the molecule is CC(C)CCn1cc(CC(=O)C(C)C)nn1. The number of Topliss-reactive ketones (excluding diaryl/α,β-unsaturated/α-hetero) is 1. The molecule has 0 aliphatic heterocycles. The van der Waals surface area contributed by atoms with Gasteiger partial charge in [0, 0.05) is 18.7 Å². The van der Waals surface area contributed by atoms with Crippen LogP contribution in [0, 0.1) is 11.8 Å². The van der Waals surface area contributed by atoms with Crippen molar-refractivity contribution in [3.8, 4) is 0 Å². The number of aromatic nitrogens is 3. The Morgan fingerprint density at radius 1 is 1.38 bits per heavy atom. The molecule has 16 heavy (non-hydrogen) atoms. The lowest BCUT2D eigenvalue weighted by Crippen LogP contribution is -2.10. The zero-order chi connectivity index (χ0) is 12.1. The van der Waals surface area contributed by atoms with Crippen molar-refractivity contribution in [1.29, 1.82) is 0 Å². The summed E-state index contributed by atoms with van der Waals surface area (Å²) < 4.78 is 1.82. The van der Waals surface area contributed by atoms with E-state index in [1.165, 1.54) is 0 Å². The fraction of sp³-hybridized carbons (Fsp3) is 0.750. The molecule has 1 aromatic rings. The van der Waals surface area contributed by atoms with Crippen molar-refractivity contribution in [1.82, 2.24) is 15.0 Å². The Bertz CT molecular complexity index is 342. The minimum atomic E-state index is 0.0702. The number of hydrogen-bond donors (Lipinski definition) is 0. The molecule has 0 aliphatic rings. The molecule has 4 heteroatoms. The Labute approximate surface area is 97.0 Å². The van der Waals surface area contributed by atoms with Crippen molar-refractivity contribution in [2.75, 3.05) is 0 Å². The van der Waals surface area contributed by atoms with E-state index in [-0.39, 0.29) is 11.7 Å². The molecular weight excluding hydrogens is 202 g/mol. The van der Waals surface area contributed by atoms with Crippen LogP contribution in [0.15, 0.2) is 6.20 Å². The second kappa shape index (κ2) is 5.77. The van der Waals surface area contributed by atoms with E-state index in [0.717, 1.165) is 18.7 Å². The van der Waals surface area contributed by atoms with Gasteiger partial charge in [-0.3, -0.25) is 9.48 Å². The first-order chi connectivity index (χ1) is 7.49. The molecule has 0 saturated carbocycles. The summed E-state index contributed by atoms with van der Waals surface area (Å²) in [6, 6.07) is 0. The van der Waals surface area contributed by atoms with Crippen LogP contribution in [0.4, 0.5) is 0 Å². The topological polar surface area (TPSA) is 47.8 Å². The zero-order valence-electron chi connectivity index (χ0n) is 10.6. The fourth-order valence-electron chi connectivity index (χ4n) is 1.30. The molecule has 90 valence electrons. The number of rotatable bonds is 6. The molecule has 0 N–H and O–H groups in total. The maximum absolute atomic E-state index is 11.5. The Hall–Kier alpha value is -1.19. The van der Waals surface area contributed by atoms with Gasteiger partial charge >= 0.3 is 0 Å². The molecule has 1 aromatic heterocycles. The van der Waals surface area contributed by atoms with Crippen LogP contribution >= 0.6 is 0 Å². The predicted molar refractivity (Wildman–Crippen MR) is 63.0 cm³/mol. The van der Waals surface area contributed by atoms with Gasteiger partial charge in [-0.25, -0.2) is 0 Å². The van der Waals surface area contributed by atoms with Gasteiger partial charge in [0.2, 0.25) is 0 Å².